The number of hydrogen-bond acceptors (Lipinski definition) is 6. The van der Waals surface area contributed by atoms with Gasteiger partial charge in [0.1, 0.15) is 5.69 Å². The van der Waals surface area contributed by atoms with E-state index in [-0.39, 0.29) is 11.9 Å². The lowest BCUT2D eigenvalue weighted by Crippen LogP contribution is -2.24. The molecule has 0 spiro atoms. The maximum Gasteiger partial charge on any atom is 0.305 e. The van der Waals surface area contributed by atoms with Gasteiger partial charge in [-0.25, -0.2) is 4.68 Å². The van der Waals surface area contributed by atoms with Gasteiger partial charge in [0.15, 0.2) is 11.5 Å². The van der Waals surface area contributed by atoms with Crippen LogP contribution in [0.1, 0.15) is 36.0 Å². The third-order valence-corrected chi connectivity index (χ3v) is 5.21. The van der Waals surface area contributed by atoms with E-state index in [2.05, 4.69) is 10.1 Å². The molecule has 0 aliphatic carbocycles. The van der Waals surface area contributed by atoms with Gasteiger partial charge in [0.25, 0.3) is 5.91 Å². The third kappa shape index (κ3) is 6.12. The molecule has 174 valence electrons. The van der Waals surface area contributed by atoms with Crippen molar-refractivity contribution in [1.82, 2.24) is 15.1 Å². The molecule has 0 radical (unpaired) electrons. The van der Waals surface area contributed by atoms with Crippen LogP contribution in [0, 0.1) is 0 Å². The predicted molar refractivity (Wildman–Crippen MR) is 125 cm³/mol. The Morgan fingerprint density at radius 1 is 0.939 bits per heavy atom. The number of rotatable bonds is 11. The molecule has 3 aromatic rings. The molecule has 8 heteroatoms. The van der Waals surface area contributed by atoms with Gasteiger partial charge < -0.3 is 19.5 Å². The van der Waals surface area contributed by atoms with Gasteiger partial charge in [0, 0.05) is 24.7 Å². The number of amides is 1. The van der Waals surface area contributed by atoms with Crippen LogP contribution in [0.5, 0.6) is 11.5 Å². The van der Waals surface area contributed by atoms with Gasteiger partial charge in [0.2, 0.25) is 0 Å². The molecule has 33 heavy (non-hydrogen) atoms. The molecule has 1 heterocycles. The highest BCUT2D eigenvalue weighted by Gasteiger charge is 2.20. The summed E-state index contributed by atoms with van der Waals surface area (Å²) in [6.07, 6.45) is 4.43. The van der Waals surface area contributed by atoms with Crippen LogP contribution in [0.2, 0.25) is 0 Å². The predicted octanol–water partition coefficient (Wildman–Crippen LogP) is 4.02. The van der Waals surface area contributed by atoms with E-state index in [1.807, 2.05) is 36.4 Å². The lowest BCUT2D eigenvalue weighted by Gasteiger charge is -2.10. The largest absolute Gasteiger partial charge is 0.493 e. The van der Waals surface area contributed by atoms with Gasteiger partial charge in [-0.1, -0.05) is 24.6 Å². The Morgan fingerprint density at radius 2 is 1.70 bits per heavy atom. The number of nitrogens with zero attached hydrogens (tertiary/aromatic N) is 2. The molecule has 0 unspecified atom stereocenters. The van der Waals surface area contributed by atoms with Crippen molar-refractivity contribution in [2.45, 2.75) is 25.7 Å². The number of aromatic nitrogens is 2. The number of methoxy groups -OCH3 is 3. The minimum Gasteiger partial charge on any atom is -0.493 e. The molecule has 3 rings (SSSR count). The summed E-state index contributed by atoms with van der Waals surface area (Å²) in [5.74, 6) is 0.727. The SMILES string of the molecule is COC(=O)CCCCCNC(=O)c1cn(-c2ccccc2)nc1-c1ccc(OC)c(OC)c1. The second kappa shape index (κ2) is 11.7. The number of esters is 1. The van der Waals surface area contributed by atoms with Crippen LogP contribution in [-0.4, -0.2) is 49.5 Å². The Bertz CT molecular complexity index is 1080. The fourth-order valence-electron chi connectivity index (χ4n) is 3.42. The van der Waals surface area contributed by atoms with Gasteiger partial charge in [-0.2, -0.15) is 5.10 Å². The zero-order chi connectivity index (χ0) is 23.6. The first-order chi connectivity index (χ1) is 16.1. The Kier molecular flexibility index (Phi) is 8.46. The number of unbranched alkanes of at least 4 members (excludes halogenated alkanes) is 2. The Balaban J connectivity index is 1.80. The molecule has 0 fully saturated rings. The fraction of sp³-hybridized carbons (Fsp3) is 0.320. The first kappa shape index (κ1) is 23.8. The van der Waals surface area contributed by atoms with E-state index in [1.54, 1.807) is 37.2 Å². The topological polar surface area (TPSA) is 91.7 Å². The molecule has 0 bridgehead atoms. The molecular weight excluding hydrogens is 422 g/mol. The molecule has 0 saturated carbocycles. The summed E-state index contributed by atoms with van der Waals surface area (Å²) in [4.78, 5) is 24.3. The number of carbonyl (C=O) groups excluding carboxylic acids is 2. The van der Waals surface area contributed by atoms with E-state index in [0.29, 0.717) is 35.7 Å². The van der Waals surface area contributed by atoms with Crippen LogP contribution in [0.3, 0.4) is 0 Å². The van der Waals surface area contributed by atoms with Crippen molar-refractivity contribution in [3.05, 3.63) is 60.3 Å². The van der Waals surface area contributed by atoms with Crippen molar-refractivity contribution < 1.29 is 23.8 Å². The van der Waals surface area contributed by atoms with Gasteiger partial charge in [-0.3, -0.25) is 9.59 Å². The summed E-state index contributed by atoms with van der Waals surface area (Å²) < 4.78 is 17.1. The van der Waals surface area contributed by atoms with Crippen LogP contribution in [0.4, 0.5) is 0 Å². The molecule has 8 nitrogen and oxygen atoms in total. The van der Waals surface area contributed by atoms with E-state index in [9.17, 15) is 9.59 Å². The van der Waals surface area contributed by atoms with E-state index < -0.39 is 0 Å². The third-order valence-electron chi connectivity index (χ3n) is 5.21. The first-order valence-corrected chi connectivity index (χ1v) is 10.8. The van der Waals surface area contributed by atoms with Crippen molar-refractivity contribution in [3.8, 4) is 28.4 Å². The number of hydrogen-bond donors (Lipinski definition) is 1. The minimum absolute atomic E-state index is 0.213. The average Bonchev–Trinajstić information content (AvgIpc) is 3.31. The maximum atomic E-state index is 13.1. The summed E-state index contributed by atoms with van der Waals surface area (Å²) in [7, 11) is 4.53. The number of benzene rings is 2. The van der Waals surface area contributed by atoms with E-state index in [4.69, 9.17) is 14.6 Å². The number of ether oxygens (including phenoxy) is 3. The fourth-order valence-corrected chi connectivity index (χ4v) is 3.42. The Hall–Kier alpha value is -3.81. The smallest absolute Gasteiger partial charge is 0.305 e. The van der Waals surface area contributed by atoms with Gasteiger partial charge in [0.05, 0.1) is 32.6 Å². The average molecular weight is 452 g/mol. The molecule has 2 aromatic carbocycles. The summed E-state index contributed by atoms with van der Waals surface area (Å²) in [6.45, 7) is 0.502. The summed E-state index contributed by atoms with van der Waals surface area (Å²) in [5.41, 5.74) is 2.59. The van der Waals surface area contributed by atoms with Gasteiger partial charge in [-0.05, 0) is 43.2 Å². The van der Waals surface area contributed by atoms with Gasteiger partial charge in [-0.15, -0.1) is 0 Å². The molecule has 0 saturated heterocycles. The lowest BCUT2D eigenvalue weighted by molar-refractivity contribution is -0.140. The Morgan fingerprint density at radius 3 is 2.39 bits per heavy atom. The van der Waals surface area contributed by atoms with Crippen LogP contribution in [-0.2, 0) is 9.53 Å². The van der Waals surface area contributed by atoms with Gasteiger partial charge >= 0.3 is 5.97 Å². The number of para-hydroxylation sites is 1. The molecule has 1 aromatic heterocycles. The van der Waals surface area contributed by atoms with Crippen molar-refractivity contribution >= 4 is 11.9 Å². The second-order valence-corrected chi connectivity index (χ2v) is 7.38. The summed E-state index contributed by atoms with van der Waals surface area (Å²) in [6, 6.07) is 15.1. The highest BCUT2D eigenvalue weighted by Crippen LogP contribution is 2.33. The molecule has 0 atom stereocenters. The molecule has 0 aliphatic rings. The van der Waals surface area contributed by atoms with E-state index in [0.717, 1.165) is 30.5 Å². The van der Waals surface area contributed by atoms with Crippen molar-refractivity contribution in [2.75, 3.05) is 27.9 Å². The molecule has 1 amide bonds. The quantitative estimate of drug-likeness (QED) is 0.350. The number of nitrogens with one attached hydrogen (secondary N) is 1. The number of carbonyl (C=O) groups is 2. The van der Waals surface area contributed by atoms with Crippen molar-refractivity contribution in [1.29, 1.82) is 0 Å². The highest BCUT2D eigenvalue weighted by atomic mass is 16.5. The van der Waals surface area contributed by atoms with Crippen molar-refractivity contribution in [3.63, 3.8) is 0 Å². The summed E-state index contributed by atoms with van der Waals surface area (Å²) >= 11 is 0. The minimum atomic E-state index is -0.216. The molecular formula is C25H29N3O5. The normalized spacial score (nSPS) is 10.5. The van der Waals surface area contributed by atoms with E-state index >= 15 is 0 Å². The summed E-state index contributed by atoms with van der Waals surface area (Å²) in [5, 5.41) is 7.66. The lowest BCUT2D eigenvalue weighted by atomic mass is 10.1. The van der Waals surface area contributed by atoms with Crippen LogP contribution < -0.4 is 14.8 Å². The van der Waals surface area contributed by atoms with Crippen LogP contribution in [0.25, 0.3) is 16.9 Å². The standard InChI is InChI=1S/C25H29N3O5/c1-31-21-14-13-18(16-22(21)32-2)24-20(17-28(27-24)19-10-6-4-7-11-19)25(30)26-15-9-5-8-12-23(29)33-3/h4,6-7,10-11,13-14,16-17H,5,8-9,12,15H2,1-3H3,(H,26,30). The first-order valence-electron chi connectivity index (χ1n) is 10.8. The maximum absolute atomic E-state index is 13.1. The molecule has 1 N–H and O–H groups in total. The van der Waals surface area contributed by atoms with Crippen LogP contribution >= 0.6 is 0 Å². The zero-order valence-corrected chi connectivity index (χ0v) is 19.2. The zero-order valence-electron chi connectivity index (χ0n) is 19.2. The second-order valence-electron chi connectivity index (χ2n) is 7.38. The Labute approximate surface area is 193 Å². The van der Waals surface area contributed by atoms with Crippen molar-refractivity contribution in [2.24, 2.45) is 0 Å². The van der Waals surface area contributed by atoms with E-state index in [1.165, 1.54) is 7.11 Å². The monoisotopic (exact) mass is 451 g/mol. The van der Waals surface area contributed by atoms with Crippen LogP contribution in [0.15, 0.2) is 54.7 Å². The molecule has 0 aliphatic heterocycles. The highest BCUT2D eigenvalue weighted by molar-refractivity contribution is 6.00.